The smallest absolute Gasteiger partial charge is 0.259 e. The second kappa shape index (κ2) is 4.97. The largest absolute Gasteiger partial charge is 0.383 e. The first-order valence-electron chi connectivity index (χ1n) is 6.11. The van der Waals surface area contributed by atoms with E-state index in [9.17, 15) is 4.79 Å². The Bertz CT molecular complexity index is 780. The number of pyridine rings is 2. The average molecular weight is 264 g/mol. The van der Waals surface area contributed by atoms with Crippen LogP contribution in [-0.2, 0) is 0 Å². The Hall–Kier alpha value is -2.95. The molecule has 0 atom stereocenters. The highest BCUT2D eigenvalue weighted by Crippen LogP contribution is 2.21. The lowest BCUT2D eigenvalue weighted by molar-refractivity contribution is 0.102. The van der Waals surface area contributed by atoms with E-state index in [-0.39, 0.29) is 11.7 Å². The first kappa shape index (κ1) is 12.1. The molecule has 0 radical (unpaired) electrons. The molecule has 1 amide bonds. The van der Waals surface area contributed by atoms with Crippen molar-refractivity contribution in [3.8, 4) is 0 Å². The number of aromatic nitrogens is 2. The molecule has 0 aliphatic heterocycles. The van der Waals surface area contributed by atoms with Crippen LogP contribution >= 0.6 is 0 Å². The first-order valence-corrected chi connectivity index (χ1v) is 6.11. The Balaban J connectivity index is 1.98. The molecule has 0 aliphatic carbocycles. The zero-order chi connectivity index (χ0) is 13.9. The molecule has 2 heterocycles. The van der Waals surface area contributed by atoms with Crippen molar-refractivity contribution < 1.29 is 4.79 Å². The van der Waals surface area contributed by atoms with Gasteiger partial charge in [-0.05, 0) is 24.3 Å². The third-order valence-corrected chi connectivity index (χ3v) is 2.96. The van der Waals surface area contributed by atoms with Crippen molar-refractivity contribution in [1.82, 2.24) is 9.97 Å². The number of para-hydroxylation sites is 1. The standard InChI is InChI=1S/C15H12N4O/c16-14-11(6-3-9-18-14)15(20)19-12-7-1-4-10-5-2-8-17-13(10)12/h1-9H,(H2,16,18)(H,19,20). The third-order valence-electron chi connectivity index (χ3n) is 2.96. The van der Waals surface area contributed by atoms with Crippen LogP contribution in [0.25, 0.3) is 10.9 Å². The van der Waals surface area contributed by atoms with Crippen LogP contribution in [0.3, 0.4) is 0 Å². The minimum Gasteiger partial charge on any atom is -0.383 e. The van der Waals surface area contributed by atoms with Gasteiger partial charge in [-0.1, -0.05) is 18.2 Å². The summed E-state index contributed by atoms with van der Waals surface area (Å²) in [5, 5.41) is 3.78. The maximum Gasteiger partial charge on any atom is 0.259 e. The summed E-state index contributed by atoms with van der Waals surface area (Å²) in [6.07, 6.45) is 3.24. The van der Waals surface area contributed by atoms with Crippen molar-refractivity contribution >= 4 is 28.3 Å². The van der Waals surface area contributed by atoms with E-state index >= 15 is 0 Å². The third kappa shape index (κ3) is 2.16. The molecule has 0 saturated carbocycles. The fourth-order valence-electron chi connectivity index (χ4n) is 2.00. The van der Waals surface area contributed by atoms with Gasteiger partial charge < -0.3 is 11.1 Å². The molecule has 5 nitrogen and oxygen atoms in total. The van der Waals surface area contributed by atoms with E-state index in [2.05, 4.69) is 15.3 Å². The second-order valence-electron chi connectivity index (χ2n) is 4.27. The van der Waals surface area contributed by atoms with Gasteiger partial charge in [0.25, 0.3) is 5.91 Å². The molecule has 0 aliphatic rings. The Kier molecular flexibility index (Phi) is 3.01. The van der Waals surface area contributed by atoms with E-state index in [1.54, 1.807) is 30.6 Å². The summed E-state index contributed by atoms with van der Waals surface area (Å²) in [6.45, 7) is 0. The lowest BCUT2D eigenvalue weighted by Crippen LogP contribution is -2.15. The molecule has 2 aromatic heterocycles. The lowest BCUT2D eigenvalue weighted by atomic mass is 10.1. The molecule has 0 spiro atoms. The van der Waals surface area contributed by atoms with E-state index in [0.717, 1.165) is 10.9 Å². The number of benzene rings is 1. The van der Waals surface area contributed by atoms with Crippen LogP contribution in [0.1, 0.15) is 10.4 Å². The molecular weight excluding hydrogens is 252 g/mol. The zero-order valence-electron chi connectivity index (χ0n) is 10.6. The number of carbonyl (C=O) groups excluding carboxylic acids is 1. The molecule has 0 bridgehead atoms. The second-order valence-corrected chi connectivity index (χ2v) is 4.27. The van der Waals surface area contributed by atoms with E-state index in [1.807, 2.05) is 24.3 Å². The molecule has 0 saturated heterocycles. The van der Waals surface area contributed by atoms with E-state index < -0.39 is 0 Å². The van der Waals surface area contributed by atoms with Crippen molar-refractivity contribution in [3.05, 3.63) is 60.4 Å². The molecule has 20 heavy (non-hydrogen) atoms. The van der Waals surface area contributed by atoms with Crippen LogP contribution in [0.4, 0.5) is 11.5 Å². The van der Waals surface area contributed by atoms with Gasteiger partial charge in [0.1, 0.15) is 5.82 Å². The molecule has 5 heteroatoms. The fraction of sp³-hybridized carbons (Fsp3) is 0. The minimum absolute atomic E-state index is 0.207. The summed E-state index contributed by atoms with van der Waals surface area (Å²) in [6, 6.07) is 12.7. The normalized spacial score (nSPS) is 10.4. The Morgan fingerprint density at radius 3 is 2.60 bits per heavy atom. The minimum atomic E-state index is -0.297. The zero-order valence-corrected chi connectivity index (χ0v) is 10.6. The number of nitrogens with zero attached hydrogens (tertiary/aromatic N) is 2. The van der Waals surface area contributed by atoms with E-state index in [1.165, 1.54) is 0 Å². The number of nitrogens with two attached hydrogens (primary N) is 1. The number of carbonyl (C=O) groups is 1. The predicted molar refractivity (Wildman–Crippen MR) is 78.3 cm³/mol. The predicted octanol–water partition coefficient (Wildman–Crippen LogP) is 2.46. The van der Waals surface area contributed by atoms with Crippen molar-refractivity contribution in [2.24, 2.45) is 0 Å². The maximum absolute atomic E-state index is 12.2. The number of hydrogen-bond donors (Lipinski definition) is 2. The molecule has 98 valence electrons. The molecule has 3 N–H and O–H groups in total. The van der Waals surface area contributed by atoms with Gasteiger partial charge in [0.05, 0.1) is 16.8 Å². The van der Waals surface area contributed by atoms with Crippen LogP contribution in [0.2, 0.25) is 0 Å². The Morgan fingerprint density at radius 1 is 1.00 bits per heavy atom. The van der Waals surface area contributed by atoms with E-state index in [0.29, 0.717) is 11.3 Å². The molecule has 0 unspecified atom stereocenters. The highest BCUT2D eigenvalue weighted by molar-refractivity contribution is 6.10. The number of amides is 1. The van der Waals surface area contributed by atoms with Gasteiger partial charge in [-0.25, -0.2) is 4.98 Å². The van der Waals surface area contributed by atoms with Gasteiger partial charge in [0, 0.05) is 17.8 Å². The number of rotatable bonds is 2. The number of nitrogen functional groups attached to an aromatic ring is 1. The molecule has 3 aromatic rings. The Morgan fingerprint density at radius 2 is 1.75 bits per heavy atom. The van der Waals surface area contributed by atoms with Gasteiger partial charge in [-0.3, -0.25) is 9.78 Å². The Labute approximate surface area is 115 Å². The average Bonchev–Trinajstić information content (AvgIpc) is 2.48. The summed E-state index contributed by atoms with van der Waals surface area (Å²) in [5.74, 6) is -0.0908. The van der Waals surface area contributed by atoms with Gasteiger partial charge in [0.15, 0.2) is 0 Å². The molecular formula is C15H12N4O. The van der Waals surface area contributed by atoms with Gasteiger partial charge in [-0.15, -0.1) is 0 Å². The summed E-state index contributed by atoms with van der Waals surface area (Å²) < 4.78 is 0. The van der Waals surface area contributed by atoms with Crippen LogP contribution < -0.4 is 11.1 Å². The van der Waals surface area contributed by atoms with Gasteiger partial charge in [-0.2, -0.15) is 0 Å². The topological polar surface area (TPSA) is 80.9 Å². The van der Waals surface area contributed by atoms with E-state index in [4.69, 9.17) is 5.73 Å². The van der Waals surface area contributed by atoms with Crippen LogP contribution in [0.15, 0.2) is 54.9 Å². The number of anilines is 2. The van der Waals surface area contributed by atoms with Crippen molar-refractivity contribution in [2.45, 2.75) is 0 Å². The number of nitrogens with one attached hydrogen (secondary N) is 1. The summed E-state index contributed by atoms with van der Waals surface area (Å²) in [5.41, 5.74) is 7.44. The molecule has 0 fully saturated rings. The van der Waals surface area contributed by atoms with Crippen molar-refractivity contribution in [1.29, 1.82) is 0 Å². The fourth-order valence-corrected chi connectivity index (χ4v) is 2.00. The van der Waals surface area contributed by atoms with Crippen molar-refractivity contribution in [3.63, 3.8) is 0 Å². The monoisotopic (exact) mass is 264 g/mol. The van der Waals surface area contributed by atoms with Crippen LogP contribution in [0.5, 0.6) is 0 Å². The lowest BCUT2D eigenvalue weighted by Gasteiger charge is -2.08. The summed E-state index contributed by atoms with van der Waals surface area (Å²) >= 11 is 0. The van der Waals surface area contributed by atoms with Crippen LogP contribution in [0, 0.1) is 0 Å². The highest BCUT2D eigenvalue weighted by atomic mass is 16.1. The molecule has 3 rings (SSSR count). The first-order chi connectivity index (χ1) is 9.75. The summed E-state index contributed by atoms with van der Waals surface area (Å²) in [7, 11) is 0. The molecule has 1 aromatic carbocycles. The maximum atomic E-state index is 12.2. The SMILES string of the molecule is Nc1ncccc1C(=O)Nc1cccc2cccnc12. The number of hydrogen-bond acceptors (Lipinski definition) is 4. The summed E-state index contributed by atoms with van der Waals surface area (Å²) in [4.78, 5) is 20.4. The van der Waals surface area contributed by atoms with Crippen LogP contribution in [-0.4, -0.2) is 15.9 Å². The van der Waals surface area contributed by atoms with Crippen molar-refractivity contribution in [2.75, 3.05) is 11.1 Å². The highest BCUT2D eigenvalue weighted by Gasteiger charge is 2.11. The quantitative estimate of drug-likeness (QED) is 0.745. The number of fused-ring (bicyclic) bond motifs is 1. The van der Waals surface area contributed by atoms with Gasteiger partial charge >= 0.3 is 0 Å². The van der Waals surface area contributed by atoms with Gasteiger partial charge in [0.2, 0.25) is 0 Å².